The van der Waals surface area contributed by atoms with Crippen molar-refractivity contribution in [3.05, 3.63) is 60.1 Å². The third-order valence-electron chi connectivity index (χ3n) is 4.72. The number of allylic oxidation sites excluding steroid dienone is 1. The first-order chi connectivity index (χ1) is 12.7. The van der Waals surface area contributed by atoms with E-state index in [1.807, 2.05) is 12.3 Å². The molecule has 0 radical (unpaired) electrons. The first-order valence-corrected chi connectivity index (χ1v) is 8.46. The minimum absolute atomic E-state index is 0.164. The molecule has 5 rings (SSSR count). The van der Waals surface area contributed by atoms with E-state index in [2.05, 4.69) is 26.2 Å². The van der Waals surface area contributed by atoms with Gasteiger partial charge in [-0.25, -0.2) is 18.4 Å². The topological polar surface area (TPSA) is 46.3 Å². The minimum atomic E-state index is -0.680. The maximum atomic E-state index is 14.2. The van der Waals surface area contributed by atoms with Crippen molar-refractivity contribution in [2.75, 3.05) is 6.67 Å². The summed E-state index contributed by atoms with van der Waals surface area (Å²) < 4.78 is 28.8. The smallest absolute Gasteiger partial charge is 0.163 e. The van der Waals surface area contributed by atoms with Gasteiger partial charge >= 0.3 is 0 Å². The van der Waals surface area contributed by atoms with Gasteiger partial charge in [-0.05, 0) is 36.6 Å². The number of rotatable bonds is 3. The van der Waals surface area contributed by atoms with E-state index in [9.17, 15) is 8.78 Å². The Balaban J connectivity index is 1.63. The van der Waals surface area contributed by atoms with E-state index >= 15 is 0 Å². The second-order valence-electron chi connectivity index (χ2n) is 6.53. The van der Waals surface area contributed by atoms with Crippen LogP contribution in [-0.4, -0.2) is 38.6 Å². The monoisotopic (exact) mass is 351 g/mol. The number of benzene rings is 1. The highest BCUT2D eigenvalue weighted by Crippen LogP contribution is 2.32. The molecule has 130 valence electrons. The van der Waals surface area contributed by atoms with E-state index in [1.165, 1.54) is 29.7 Å². The summed E-state index contributed by atoms with van der Waals surface area (Å²) in [6, 6.07) is 5.90. The Morgan fingerprint density at radius 2 is 2.00 bits per heavy atom. The van der Waals surface area contributed by atoms with Gasteiger partial charge < -0.3 is 4.90 Å². The molecule has 0 saturated heterocycles. The maximum absolute atomic E-state index is 14.2. The first kappa shape index (κ1) is 15.2. The average molecular weight is 351 g/mol. The van der Waals surface area contributed by atoms with Crippen LogP contribution in [0.25, 0.3) is 22.3 Å². The molecular weight excluding hydrogens is 336 g/mol. The zero-order valence-electron chi connectivity index (χ0n) is 13.8. The SMILES string of the molecule is Fc1ccc(-n2ncc3c(C4=CN(C5CC5)CN=C4)ccnc32)c(F)c1. The molecule has 2 aliphatic rings. The fraction of sp³-hybridized carbons (Fsp3) is 0.211. The molecule has 1 saturated carbocycles. The van der Waals surface area contributed by atoms with Crippen molar-refractivity contribution >= 4 is 22.8 Å². The van der Waals surface area contributed by atoms with Crippen molar-refractivity contribution < 1.29 is 8.78 Å². The molecule has 0 amide bonds. The first-order valence-electron chi connectivity index (χ1n) is 8.46. The van der Waals surface area contributed by atoms with Gasteiger partial charge in [-0.1, -0.05) is 0 Å². The van der Waals surface area contributed by atoms with Crippen molar-refractivity contribution in [3.8, 4) is 5.69 Å². The zero-order chi connectivity index (χ0) is 17.7. The summed E-state index contributed by atoms with van der Waals surface area (Å²) in [5.74, 6) is -1.30. The van der Waals surface area contributed by atoms with Crippen LogP contribution < -0.4 is 0 Å². The van der Waals surface area contributed by atoms with E-state index < -0.39 is 11.6 Å². The van der Waals surface area contributed by atoms with Crippen molar-refractivity contribution in [2.24, 2.45) is 4.99 Å². The molecule has 1 fully saturated rings. The van der Waals surface area contributed by atoms with E-state index in [0.717, 1.165) is 22.6 Å². The van der Waals surface area contributed by atoms with Crippen molar-refractivity contribution in [2.45, 2.75) is 18.9 Å². The Hall–Kier alpha value is -3.09. The highest BCUT2D eigenvalue weighted by molar-refractivity contribution is 6.14. The molecule has 0 atom stereocenters. The molecule has 5 nitrogen and oxygen atoms in total. The number of pyridine rings is 1. The number of fused-ring (bicyclic) bond motifs is 1. The average Bonchev–Trinajstić information content (AvgIpc) is 3.42. The van der Waals surface area contributed by atoms with Crippen LogP contribution in [0.2, 0.25) is 0 Å². The van der Waals surface area contributed by atoms with Gasteiger partial charge in [0.25, 0.3) is 0 Å². The lowest BCUT2D eigenvalue weighted by atomic mass is 10.1. The van der Waals surface area contributed by atoms with Gasteiger partial charge in [0.2, 0.25) is 0 Å². The standard InChI is InChI=1S/C19H15F2N5/c20-13-1-4-18(17(21)7-13)26-19-16(9-24-26)15(5-6-23-19)12-8-22-11-25(10-12)14-2-3-14/h1,4-10,14H,2-3,11H2. The van der Waals surface area contributed by atoms with Gasteiger partial charge in [0, 0.05) is 41.7 Å². The fourth-order valence-electron chi connectivity index (χ4n) is 3.26. The molecule has 1 aliphatic carbocycles. The highest BCUT2D eigenvalue weighted by Gasteiger charge is 2.28. The van der Waals surface area contributed by atoms with E-state index in [0.29, 0.717) is 18.4 Å². The van der Waals surface area contributed by atoms with E-state index in [-0.39, 0.29) is 5.69 Å². The normalized spacial score (nSPS) is 17.0. The van der Waals surface area contributed by atoms with Crippen LogP contribution in [-0.2, 0) is 0 Å². The van der Waals surface area contributed by atoms with E-state index in [4.69, 9.17) is 0 Å². The minimum Gasteiger partial charge on any atom is -0.355 e. The predicted molar refractivity (Wildman–Crippen MR) is 95.0 cm³/mol. The van der Waals surface area contributed by atoms with Gasteiger partial charge in [0.15, 0.2) is 11.5 Å². The lowest BCUT2D eigenvalue weighted by Crippen LogP contribution is -2.23. The second-order valence-corrected chi connectivity index (χ2v) is 6.53. The Kier molecular flexibility index (Phi) is 3.34. The molecule has 7 heteroatoms. The third-order valence-corrected chi connectivity index (χ3v) is 4.72. The lowest BCUT2D eigenvalue weighted by molar-refractivity contribution is 0.378. The zero-order valence-corrected chi connectivity index (χ0v) is 13.8. The summed E-state index contributed by atoms with van der Waals surface area (Å²) in [4.78, 5) is 11.1. The fourth-order valence-corrected chi connectivity index (χ4v) is 3.26. The second kappa shape index (κ2) is 5.72. The Labute approximate surface area is 148 Å². The number of nitrogens with zero attached hydrogens (tertiary/aromatic N) is 5. The van der Waals surface area contributed by atoms with Gasteiger partial charge in [0.05, 0.1) is 6.20 Å². The summed E-state index contributed by atoms with van der Waals surface area (Å²) in [6.07, 6.45) is 9.70. The molecule has 2 aromatic heterocycles. The Bertz CT molecular complexity index is 1060. The van der Waals surface area contributed by atoms with Crippen LogP contribution in [0.3, 0.4) is 0 Å². The number of halogens is 2. The number of hydrogen-bond donors (Lipinski definition) is 0. The van der Waals surface area contributed by atoms with Crippen LogP contribution in [0.5, 0.6) is 0 Å². The van der Waals surface area contributed by atoms with Crippen LogP contribution in [0, 0.1) is 11.6 Å². The number of aromatic nitrogens is 3. The van der Waals surface area contributed by atoms with Gasteiger partial charge in [-0.3, -0.25) is 4.99 Å². The van der Waals surface area contributed by atoms with Crippen molar-refractivity contribution in [1.29, 1.82) is 0 Å². The van der Waals surface area contributed by atoms with E-state index in [1.54, 1.807) is 12.4 Å². The van der Waals surface area contributed by atoms with Gasteiger partial charge in [-0.15, -0.1) is 0 Å². The molecule has 0 unspecified atom stereocenters. The number of hydrogen-bond acceptors (Lipinski definition) is 4. The Morgan fingerprint density at radius 1 is 1.12 bits per heavy atom. The third kappa shape index (κ3) is 2.47. The summed E-state index contributed by atoms with van der Waals surface area (Å²) in [5, 5.41) is 5.08. The van der Waals surface area contributed by atoms with Crippen LogP contribution >= 0.6 is 0 Å². The molecule has 0 spiro atoms. The molecule has 1 aromatic carbocycles. The molecule has 0 bridgehead atoms. The van der Waals surface area contributed by atoms with Crippen molar-refractivity contribution in [1.82, 2.24) is 19.7 Å². The van der Waals surface area contributed by atoms with Crippen LogP contribution in [0.15, 0.2) is 47.9 Å². The quantitative estimate of drug-likeness (QED) is 0.725. The van der Waals surface area contributed by atoms with Crippen LogP contribution in [0.1, 0.15) is 18.4 Å². The predicted octanol–water partition coefficient (Wildman–Crippen LogP) is 3.55. The number of aliphatic imine (C=N–C) groups is 1. The van der Waals surface area contributed by atoms with Gasteiger partial charge in [0.1, 0.15) is 18.2 Å². The molecule has 3 aromatic rings. The van der Waals surface area contributed by atoms with Crippen molar-refractivity contribution in [3.63, 3.8) is 0 Å². The van der Waals surface area contributed by atoms with Gasteiger partial charge in [-0.2, -0.15) is 5.10 Å². The highest BCUT2D eigenvalue weighted by atomic mass is 19.1. The maximum Gasteiger partial charge on any atom is 0.163 e. The Morgan fingerprint density at radius 3 is 2.81 bits per heavy atom. The summed E-state index contributed by atoms with van der Waals surface area (Å²) in [6.45, 7) is 0.683. The molecule has 26 heavy (non-hydrogen) atoms. The lowest BCUT2D eigenvalue weighted by Gasteiger charge is -2.22. The summed E-state index contributed by atoms with van der Waals surface area (Å²) >= 11 is 0. The summed E-state index contributed by atoms with van der Waals surface area (Å²) in [5.41, 5.74) is 2.61. The van der Waals surface area contributed by atoms with Crippen LogP contribution in [0.4, 0.5) is 8.78 Å². The molecular formula is C19H15F2N5. The molecule has 0 N–H and O–H groups in total. The molecule has 1 aliphatic heterocycles. The summed E-state index contributed by atoms with van der Waals surface area (Å²) in [7, 11) is 0. The molecule has 3 heterocycles. The largest absolute Gasteiger partial charge is 0.355 e.